The number of carbonyl (C=O) groups is 1. The number of nitrogens with one attached hydrogen (secondary N) is 1. The molecular weight excluding hydrogens is 305 g/mol. The summed E-state index contributed by atoms with van der Waals surface area (Å²) in [6.07, 6.45) is 0.210. The van der Waals surface area contributed by atoms with Crippen LogP contribution < -0.4 is 11.1 Å². The minimum atomic E-state index is -0.508. The zero-order valence-corrected chi connectivity index (χ0v) is 11.2. The zero-order valence-electron chi connectivity index (χ0n) is 9.65. The summed E-state index contributed by atoms with van der Waals surface area (Å²) in [7, 11) is 0. The predicted octanol–water partition coefficient (Wildman–Crippen LogP) is 1.84. The van der Waals surface area contributed by atoms with Gasteiger partial charge >= 0.3 is 0 Å². The minimum absolute atomic E-state index is 0.0183. The molecule has 1 atom stereocenters. The number of halogens is 2. The van der Waals surface area contributed by atoms with Gasteiger partial charge in [0.15, 0.2) is 0 Å². The molecule has 0 aromatic heterocycles. The topological polar surface area (TPSA) is 87.7 Å². The Morgan fingerprint density at radius 3 is 2.89 bits per heavy atom. The van der Waals surface area contributed by atoms with E-state index in [9.17, 15) is 9.18 Å². The van der Waals surface area contributed by atoms with Crippen LogP contribution in [0, 0.1) is 5.82 Å². The van der Waals surface area contributed by atoms with Crippen LogP contribution in [0.4, 0.5) is 4.39 Å². The van der Waals surface area contributed by atoms with Gasteiger partial charge in [-0.3, -0.25) is 4.79 Å². The van der Waals surface area contributed by atoms with Crippen molar-refractivity contribution in [2.75, 3.05) is 0 Å². The van der Waals surface area contributed by atoms with Gasteiger partial charge in [-0.2, -0.15) is 0 Å². The molecule has 1 aromatic carbocycles. The molecule has 0 bridgehead atoms. The van der Waals surface area contributed by atoms with Crippen molar-refractivity contribution in [3.63, 3.8) is 0 Å². The van der Waals surface area contributed by atoms with Crippen LogP contribution in [-0.4, -0.2) is 23.0 Å². The third-order valence-corrected chi connectivity index (χ3v) is 2.85. The highest BCUT2D eigenvalue weighted by Crippen LogP contribution is 2.16. The van der Waals surface area contributed by atoms with Crippen molar-refractivity contribution in [1.29, 1.82) is 0 Å². The van der Waals surface area contributed by atoms with Crippen molar-refractivity contribution in [1.82, 2.24) is 5.32 Å². The van der Waals surface area contributed by atoms with Crippen LogP contribution in [0.15, 0.2) is 27.8 Å². The first-order valence-electron chi connectivity index (χ1n) is 5.16. The summed E-state index contributed by atoms with van der Waals surface area (Å²) in [6, 6.07) is 3.77. The van der Waals surface area contributed by atoms with Crippen LogP contribution in [0.5, 0.6) is 0 Å². The standard InChI is InChI=1S/C11H13BrFN3O2/c1-6(4-10(14)16-18)15-11(17)7-2-3-8(12)9(13)5-7/h2-3,5-6,18H,4H2,1H3,(H2,14,16)(H,15,17). The smallest absolute Gasteiger partial charge is 0.251 e. The molecule has 0 aliphatic rings. The number of amides is 1. The number of carbonyl (C=O) groups excluding carboxylic acids is 1. The lowest BCUT2D eigenvalue weighted by molar-refractivity contribution is 0.0940. The molecule has 0 aliphatic carbocycles. The van der Waals surface area contributed by atoms with E-state index >= 15 is 0 Å². The first kappa shape index (κ1) is 14.4. The number of amidine groups is 1. The highest BCUT2D eigenvalue weighted by molar-refractivity contribution is 9.10. The van der Waals surface area contributed by atoms with Crippen LogP contribution in [0.2, 0.25) is 0 Å². The average Bonchev–Trinajstić information content (AvgIpc) is 2.32. The van der Waals surface area contributed by atoms with Gasteiger partial charge < -0.3 is 16.3 Å². The third-order valence-electron chi connectivity index (χ3n) is 2.20. The van der Waals surface area contributed by atoms with Gasteiger partial charge in [-0.25, -0.2) is 4.39 Å². The number of benzene rings is 1. The maximum Gasteiger partial charge on any atom is 0.251 e. The fourth-order valence-corrected chi connectivity index (χ4v) is 1.60. The van der Waals surface area contributed by atoms with Crippen molar-refractivity contribution in [2.45, 2.75) is 19.4 Å². The molecule has 1 amide bonds. The summed E-state index contributed by atoms with van der Waals surface area (Å²) in [4.78, 5) is 11.8. The minimum Gasteiger partial charge on any atom is -0.409 e. The van der Waals surface area contributed by atoms with Crippen LogP contribution in [-0.2, 0) is 0 Å². The molecule has 5 nitrogen and oxygen atoms in total. The van der Waals surface area contributed by atoms with E-state index < -0.39 is 11.7 Å². The van der Waals surface area contributed by atoms with Gasteiger partial charge in [-0.1, -0.05) is 5.16 Å². The monoisotopic (exact) mass is 317 g/mol. The molecule has 7 heteroatoms. The lowest BCUT2D eigenvalue weighted by Gasteiger charge is -2.13. The molecule has 1 unspecified atom stereocenters. The van der Waals surface area contributed by atoms with E-state index in [4.69, 9.17) is 10.9 Å². The second-order valence-corrected chi connectivity index (χ2v) is 4.65. The Bertz CT molecular complexity index is 479. The normalized spacial score (nSPS) is 13.2. The lowest BCUT2D eigenvalue weighted by atomic mass is 10.1. The van der Waals surface area contributed by atoms with Gasteiger partial charge in [0.25, 0.3) is 5.91 Å². The van der Waals surface area contributed by atoms with Gasteiger partial charge in [0.2, 0.25) is 0 Å². The van der Waals surface area contributed by atoms with Crippen LogP contribution in [0.1, 0.15) is 23.7 Å². The molecule has 0 aliphatic heterocycles. The zero-order chi connectivity index (χ0) is 13.7. The molecule has 1 aromatic rings. The number of nitrogens with two attached hydrogens (primary N) is 1. The van der Waals surface area contributed by atoms with E-state index in [0.29, 0.717) is 4.47 Å². The van der Waals surface area contributed by atoms with Gasteiger partial charge in [0.05, 0.1) is 4.47 Å². The molecule has 0 heterocycles. The Labute approximate surface area is 112 Å². The Balaban J connectivity index is 2.67. The molecule has 4 N–H and O–H groups in total. The molecule has 0 fully saturated rings. The van der Waals surface area contributed by atoms with Gasteiger partial charge in [0, 0.05) is 18.0 Å². The molecule has 0 radical (unpaired) electrons. The first-order valence-corrected chi connectivity index (χ1v) is 5.95. The van der Waals surface area contributed by atoms with Crippen LogP contribution in [0.3, 0.4) is 0 Å². The summed E-state index contributed by atoms with van der Waals surface area (Å²) in [5.41, 5.74) is 5.52. The number of hydrogen-bond donors (Lipinski definition) is 3. The molecule has 0 spiro atoms. The first-order chi connectivity index (χ1) is 8.43. The van der Waals surface area contributed by atoms with Crippen LogP contribution >= 0.6 is 15.9 Å². The van der Waals surface area contributed by atoms with E-state index in [0.717, 1.165) is 6.07 Å². The Morgan fingerprint density at radius 2 is 2.33 bits per heavy atom. The van der Waals surface area contributed by atoms with Gasteiger partial charge in [-0.15, -0.1) is 0 Å². The fraction of sp³-hybridized carbons (Fsp3) is 0.273. The second kappa shape index (κ2) is 6.34. The maximum absolute atomic E-state index is 13.2. The average molecular weight is 318 g/mol. The fourth-order valence-electron chi connectivity index (χ4n) is 1.35. The highest BCUT2D eigenvalue weighted by Gasteiger charge is 2.12. The predicted molar refractivity (Wildman–Crippen MR) is 69.1 cm³/mol. The summed E-state index contributed by atoms with van der Waals surface area (Å²) in [6.45, 7) is 1.70. The highest BCUT2D eigenvalue weighted by atomic mass is 79.9. The van der Waals surface area contributed by atoms with Crippen molar-refractivity contribution in [2.24, 2.45) is 10.9 Å². The SMILES string of the molecule is CC(C/C(N)=N/O)NC(=O)c1ccc(Br)c(F)c1. The summed E-state index contributed by atoms with van der Waals surface area (Å²) >= 11 is 3.00. The van der Waals surface area contributed by atoms with E-state index in [-0.39, 0.29) is 23.9 Å². The summed E-state index contributed by atoms with van der Waals surface area (Å²) in [5.74, 6) is -0.906. The van der Waals surface area contributed by atoms with Crippen LogP contribution in [0.25, 0.3) is 0 Å². The molecule has 0 saturated heterocycles. The van der Waals surface area contributed by atoms with E-state index in [1.54, 1.807) is 6.92 Å². The van der Waals surface area contributed by atoms with E-state index in [2.05, 4.69) is 26.4 Å². The summed E-state index contributed by atoms with van der Waals surface area (Å²) in [5, 5.41) is 13.8. The Hall–Kier alpha value is -1.63. The van der Waals surface area contributed by atoms with Gasteiger partial charge in [-0.05, 0) is 41.1 Å². The summed E-state index contributed by atoms with van der Waals surface area (Å²) < 4.78 is 13.5. The van der Waals surface area contributed by atoms with E-state index in [1.807, 2.05) is 0 Å². The van der Waals surface area contributed by atoms with Crippen molar-refractivity contribution < 1.29 is 14.4 Å². The molecule has 1 rings (SSSR count). The quantitative estimate of drug-likeness (QED) is 0.343. The number of oxime groups is 1. The lowest BCUT2D eigenvalue weighted by Crippen LogP contribution is -2.35. The largest absolute Gasteiger partial charge is 0.409 e. The maximum atomic E-state index is 13.2. The molecule has 18 heavy (non-hydrogen) atoms. The van der Waals surface area contributed by atoms with E-state index in [1.165, 1.54) is 12.1 Å². The number of hydrogen-bond acceptors (Lipinski definition) is 3. The third kappa shape index (κ3) is 3.99. The van der Waals surface area contributed by atoms with Crippen molar-refractivity contribution in [3.05, 3.63) is 34.1 Å². The van der Waals surface area contributed by atoms with Crippen molar-refractivity contribution in [3.8, 4) is 0 Å². The molecule has 0 saturated carbocycles. The number of rotatable bonds is 4. The van der Waals surface area contributed by atoms with Crippen molar-refractivity contribution >= 4 is 27.7 Å². The molecular formula is C11H13BrFN3O2. The second-order valence-electron chi connectivity index (χ2n) is 3.80. The van der Waals surface area contributed by atoms with Gasteiger partial charge in [0.1, 0.15) is 11.7 Å². The Kier molecular flexibility index (Phi) is 5.08. The molecule has 98 valence electrons. The number of nitrogens with zero attached hydrogens (tertiary/aromatic N) is 1. The Morgan fingerprint density at radius 1 is 1.67 bits per heavy atom.